The summed E-state index contributed by atoms with van der Waals surface area (Å²) in [5, 5.41) is 5.55. The zero-order chi connectivity index (χ0) is 18.3. The Balaban J connectivity index is 1.79. The Morgan fingerprint density at radius 1 is 1.15 bits per heavy atom. The summed E-state index contributed by atoms with van der Waals surface area (Å²) in [6, 6.07) is 10.2. The molecule has 0 saturated heterocycles. The molecule has 2 aromatic heterocycles. The van der Waals surface area contributed by atoms with Crippen molar-refractivity contribution in [2.75, 3.05) is 11.1 Å². The number of benzene rings is 1. The van der Waals surface area contributed by atoms with Crippen molar-refractivity contribution in [1.82, 2.24) is 19.9 Å². The van der Waals surface area contributed by atoms with Gasteiger partial charge in [-0.2, -0.15) is 0 Å². The second-order valence-corrected chi connectivity index (χ2v) is 5.69. The van der Waals surface area contributed by atoms with Crippen molar-refractivity contribution < 1.29 is 9.18 Å². The minimum absolute atomic E-state index is 0.192. The topological polar surface area (TPSA) is 115 Å². The Morgan fingerprint density at radius 3 is 2.77 bits per heavy atom. The summed E-state index contributed by atoms with van der Waals surface area (Å²) in [5.41, 5.74) is 6.01. The monoisotopic (exact) mass is 352 g/mol. The van der Waals surface area contributed by atoms with Gasteiger partial charge >= 0.3 is 0 Å². The van der Waals surface area contributed by atoms with Crippen LogP contribution in [0.4, 0.5) is 21.7 Å². The van der Waals surface area contributed by atoms with Crippen molar-refractivity contribution in [2.24, 2.45) is 0 Å². The lowest BCUT2D eigenvalue weighted by Gasteiger charge is -2.15. The maximum absolute atomic E-state index is 13.6. The van der Waals surface area contributed by atoms with Gasteiger partial charge in [0.1, 0.15) is 41.3 Å². The fourth-order valence-corrected chi connectivity index (χ4v) is 2.84. The molecule has 1 amide bonds. The molecule has 1 aliphatic rings. The van der Waals surface area contributed by atoms with Crippen LogP contribution < -0.4 is 21.9 Å². The Morgan fingerprint density at radius 2 is 2.00 bits per heavy atom. The summed E-state index contributed by atoms with van der Waals surface area (Å²) in [6.07, 6.45) is 0.474. The quantitative estimate of drug-likeness (QED) is 0.656. The number of rotatable bonds is 3. The molecule has 0 bridgehead atoms. The van der Waals surface area contributed by atoms with Crippen molar-refractivity contribution in [1.29, 1.82) is 0 Å². The van der Waals surface area contributed by atoms with E-state index < -0.39 is 23.4 Å². The second kappa shape index (κ2) is 5.96. The van der Waals surface area contributed by atoms with E-state index in [0.717, 1.165) is 0 Å². The lowest BCUT2D eigenvalue weighted by molar-refractivity contribution is 0.0960. The van der Waals surface area contributed by atoms with Crippen LogP contribution in [0.15, 0.2) is 53.6 Å². The van der Waals surface area contributed by atoms with Crippen LogP contribution in [0.25, 0.3) is 0 Å². The maximum atomic E-state index is 13.6. The molecule has 4 N–H and O–H groups in total. The summed E-state index contributed by atoms with van der Waals surface area (Å²) in [6.45, 7) is 0. The highest BCUT2D eigenvalue weighted by molar-refractivity contribution is 5.95. The molecular weight excluding hydrogens is 339 g/mol. The Bertz CT molecular complexity index is 1080. The zero-order valence-electron chi connectivity index (χ0n) is 13.3. The number of anilines is 3. The number of nitrogen functional groups attached to an aromatic ring is 1. The number of amides is 1. The van der Waals surface area contributed by atoms with E-state index in [4.69, 9.17) is 5.73 Å². The van der Waals surface area contributed by atoms with Gasteiger partial charge in [-0.15, -0.1) is 0 Å². The standard InChI is InChI=1S/C17H13FN6O2/c18-10-3-1-2-9(6-10)15-23-16(25)12-5-4-11(17(26)24(12)15)22-14-7-13(19)20-8-21-14/h1-8,15H,(H,23,25)(H3,19,20,21,22). The predicted molar refractivity (Wildman–Crippen MR) is 92.4 cm³/mol. The highest BCUT2D eigenvalue weighted by Crippen LogP contribution is 2.24. The SMILES string of the molecule is Nc1cc(Nc2ccc3n(c2=O)C(c2cccc(F)c2)NC3=O)ncn1. The fourth-order valence-electron chi connectivity index (χ4n) is 2.84. The molecule has 0 spiro atoms. The molecule has 3 heterocycles. The van der Waals surface area contributed by atoms with E-state index in [2.05, 4.69) is 20.6 Å². The van der Waals surface area contributed by atoms with Gasteiger partial charge in [0.05, 0.1) is 0 Å². The van der Waals surface area contributed by atoms with Crippen LogP contribution in [0.1, 0.15) is 22.2 Å². The van der Waals surface area contributed by atoms with Gasteiger partial charge < -0.3 is 16.4 Å². The molecule has 26 heavy (non-hydrogen) atoms. The maximum Gasteiger partial charge on any atom is 0.276 e. The number of fused-ring (bicyclic) bond motifs is 1. The van der Waals surface area contributed by atoms with Gasteiger partial charge in [-0.25, -0.2) is 14.4 Å². The lowest BCUT2D eigenvalue weighted by atomic mass is 10.1. The zero-order valence-corrected chi connectivity index (χ0v) is 13.3. The van der Waals surface area contributed by atoms with Crippen LogP contribution >= 0.6 is 0 Å². The normalized spacial score (nSPS) is 15.4. The van der Waals surface area contributed by atoms with E-state index in [1.54, 1.807) is 6.07 Å². The molecule has 0 saturated carbocycles. The van der Waals surface area contributed by atoms with Crippen LogP contribution in [0.2, 0.25) is 0 Å². The van der Waals surface area contributed by atoms with E-state index in [1.807, 2.05) is 0 Å². The molecule has 1 atom stereocenters. The van der Waals surface area contributed by atoms with Gasteiger partial charge in [0, 0.05) is 6.07 Å². The van der Waals surface area contributed by atoms with Crippen LogP contribution in [-0.2, 0) is 0 Å². The average molecular weight is 352 g/mol. The molecule has 0 fully saturated rings. The molecule has 1 aromatic carbocycles. The van der Waals surface area contributed by atoms with Gasteiger partial charge in [-0.3, -0.25) is 14.2 Å². The second-order valence-electron chi connectivity index (χ2n) is 5.69. The number of nitrogens with one attached hydrogen (secondary N) is 2. The third kappa shape index (κ3) is 2.65. The average Bonchev–Trinajstić information content (AvgIpc) is 2.95. The number of hydrogen-bond acceptors (Lipinski definition) is 6. The predicted octanol–water partition coefficient (Wildman–Crippen LogP) is 1.39. The van der Waals surface area contributed by atoms with Gasteiger partial charge in [-0.1, -0.05) is 12.1 Å². The fraction of sp³-hybridized carbons (Fsp3) is 0.0588. The first-order valence-corrected chi connectivity index (χ1v) is 7.69. The van der Waals surface area contributed by atoms with Crippen molar-refractivity contribution in [2.45, 2.75) is 6.17 Å². The van der Waals surface area contributed by atoms with Crippen LogP contribution in [0, 0.1) is 5.82 Å². The number of nitrogens with two attached hydrogens (primary N) is 1. The molecular formula is C17H13FN6O2. The van der Waals surface area contributed by atoms with Crippen molar-refractivity contribution in [3.05, 3.63) is 76.2 Å². The molecule has 8 nitrogen and oxygen atoms in total. The lowest BCUT2D eigenvalue weighted by Crippen LogP contribution is -2.29. The summed E-state index contributed by atoms with van der Waals surface area (Å²) in [5.74, 6) is -0.272. The van der Waals surface area contributed by atoms with Crippen molar-refractivity contribution in [3.8, 4) is 0 Å². The number of nitrogens with zero attached hydrogens (tertiary/aromatic N) is 3. The van der Waals surface area contributed by atoms with Gasteiger partial charge in [0.25, 0.3) is 11.5 Å². The minimum atomic E-state index is -0.794. The number of hydrogen-bond donors (Lipinski definition) is 3. The molecule has 1 unspecified atom stereocenters. The summed E-state index contributed by atoms with van der Waals surface area (Å²) in [7, 11) is 0. The molecule has 1 aliphatic heterocycles. The van der Waals surface area contributed by atoms with Crippen molar-refractivity contribution >= 4 is 23.2 Å². The van der Waals surface area contributed by atoms with Crippen LogP contribution in [0.5, 0.6) is 0 Å². The van der Waals surface area contributed by atoms with Crippen LogP contribution in [-0.4, -0.2) is 20.4 Å². The van der Waals surface area contributed by atoms with E-state index in [0.29, 0.717) is 11.4 Å². The number of aromatic nitrogens is 3. The first-order chi connectivity index (χ1) is 12.5. The highest BCUT2D eigenvalue weighted by atomic mass is 19.1. The van der Waals surface area contributed by atoms with Gasteiger partial charge in [0.2, 0.25) is 0 Å². The number of pyridine rings is 1. The van der Waals surface area contributed by atoms with E-state index >= 15 is 0 Å². The van der Waals surface area contributed by atoms with Crippen molar-refractivity contribution in [3.63, 3.8) is 0 Å². The van der Waals surface area contributed by atoms with Crippen LogP contribution in [0.3, 0.4) is 0 Å². The van der Waals surface area contributed by atoms with Gasteiger partial charge in [0.15, 0.2) is 0 Å². The molecule has 130 valence electrons. The Hall–Kier alpha value is -3.75. The number of carbonyl (C=O) groups is 1. The third-order valence-electron chi connectivity index (χ3n) is 3.99. The Labute approximate surface area is 146 Å². The first-order valence-electron chi connectivity index (χ1n) is 7.69. The number of carbonyl (C=O) groups excluding carboxylic acids is 1. The molecule has 0 radical (unpaired) electrons. The molecule has 4 rings (SSSR count). The summed E-state index contributed by atoms with van der Waals surface area (Å²) < 4.78 is 14.8. The smallest absolute Gasteiger partial charge is 0.276 e. The largest absolute Gasteiger partial charge is 0.384 e. The summed E-state index contributed by atoms with van der Waals surface area (Å²) >= 11 is 0. The molecule has 0 aliphatic carbocycles. The van der Waals surface area contributed by atoms with Gasteiger partial charge in [-0.05, 0) is 29.8 Å². The van der Waals surface area contributed by atoms with E-state index in [-0.39, 0.29) is 17.2 Å². The minimum Gasteiger partial charge on any atom is -0.384 e. The first kappa shape index (κ1) is 15.8. The molecule has 9 heteroatoms. The number of halogens is 1. The summed E-state index contributed by atoms with van der Waals surface area (Å²) in [4.78, 5) is 32.9. The molecule has 3 aromatic rings. The van der Waals surface area contributed by atoms with E-state index in [9.17, 15) is 14.0 Å². The van der Waals surface area contributed by atoms with E-state index in [1.165, 1.54) is 47.3 Å². The third-order valence-corrected chi connectivity index (χ3v) is 3.99. The highest BCUT2D eigenvalue weighted by Gasteiger charge is 2.31. The Kier molecular flexibility index (Phi) is 3.61.